The quantitative estimate of drug-likeness (QED) is 0.913. The highest BCUT2D eigenvalue weighted by Crippen LogP contribution is 2.28. The van der Waals surface area contributed by atoms with E-state index in [0.717, 1.165) is 0 Å². The fourth-order valence-electron chi connectivity index (χ4n) is 2.52. The molecule has 1 heterocycles. The van der Waals surface area contributed by atoms with Gasteiger partial charge in [0.2, 0.25) is 0 Å². The first kappa shape index (κ1) is 15.2. The maximum atomic E-state index is 12.5. The Bertz CT molecular complexity index is 543. The van der Waals surface area contributed by atoms with Crippen LogP contribution in [0.15, 0.2) is 18.2 Å². The molecule has 1 fully saturated rings. The SMILES string of the molecule is COc1ccc(C(=O)N2CCCC(C(=O)O)C2)cc1OC. The molecule has 1 N–H and O–H groups in total. The van der Waals surface area contributed by atoms with Crippen molar-refractivity contribution in [3.63, 3.8) is 0 Å². The molecule has 2 rings (SSSR count). The number of likely N-dealkylation sites (tertiary alicyclic amines) is 1. The summed E-state index contributed by atoms with van der Waals surface area (Å²) in [6.45, 7) is 0.833. The van der Waals surface area contributed by atoms with Gasteiger partial charge in [0, 0.05) is 18.7 Å². The van der Waals surface area contributed by atoms with Gasteiger partial charge in [0.25, 0.3) is 5.91 Å². The lowest BCUT2D eigenvalue weighted by Crippen LogP contribution is -2.42. The van der Waals surface area contributed by atoms with Crippen LogP contribution >= 0.6 is 0 Å². The summed E-state index contributed by atoms with van der Waals surface area (Å²) in [5.74, 6) is -0.476. The van der Waals surface area contributed by atoms with Crippen molar-refractivity contribution >= 4 is 11.9 Å². The molecule has 1 unspecified atom stereocenters. The Morgan fingerprint density at radius 3 is 2.57 bits per heavy atom. The van der Waals surface area contributed by atoms with Gasteiger partial charge in [-0.2, -0.15) is 0 Å². The topological polar surface area (TPSA) is 76.1 Å². The van der Waals surface area contributed by atoms with E-state index in [4.69, 9.17) is 14.6 Å². The normalized spacial score (nSPS) is 18.2. The lowest BCUT2D eigenvalue weighted by Gasteiger charge is -2.30. The molecule has 0 saturated carbocycles. The standard InChI is InChI=1S/C15H19NO5/c1-20-12-6-5-10(8-13(12)21-2)14(17)16-7-3-4-11(9-16)15(18)19/h5-6,8,11H,3-4,7,9H2,1-2H3,(H,18,19). The predicted molar refractivity (Wildman–Crippen MR) is 75.8 cm³/mol. The fourth-order valence-corrected chi connectivity index (χ4v) is 2.52. The summed E-state index contributed by atoms with van der Waals surface area (Å²) in [6.07, 6.45) is 1.32. The van der Waals surface area contributed by atoms with E-state index in [9.17, 15) is 9.59 Å². The average Bonchev–Trinajstić information content (AvgIpc) is 2.53. The van der Waals surface area contributed by atoms with Gasteiger partial charge in [-0.1, -0.05) is 0 Å². The molecule has 1 saturated heterocycles. The zero-order chi connectivity index (χ0) is 15.4. The molecule has 1 atom stereocenters. The number of nitrogens with zero attached hydrogens (tertiary/aromatic N) is 1. The van der Waals surface area contributed by atoms with E-state index >= 15 is 0 Å². The van der Waals surface area contributed by atoms with Crippen molar-refractivity contribution in [1.82, 2.24) is 4.90 Å². The number of hydrogen-bond acceptors (Lipinski definition) is 4. The Kier molecular flexibility index (Phi) is 4.67. The van der Waals surface area contributed by atoms with Gasteiger partial charge in [0.15, 0.2) is 11.5 Å². The van der Waals surface area contributed by atoms with Crippen LogP contribution in [-0.4, -0.2) is 49.2 Å². The summed E-state index contributed by atoms with van der Waals surface area (Å²) in [5.41, 5.74) is 0.471. The Labute approximate surface area is 123 Å². The number of piperidine rings is 1. The summed E-state index contributed by atoms with van der Waals surface area (Å²) in [5, 5.41) is 9.08. The van der Waals surface area contributed by atoms with Crippen LogP contribution in [0, 0.1) is 5.92 Å². The van der Waals surface area contributed by atoms with E-state index in [1.54, 1.807) is 23.1 Å². The van der Waals surface area contributed by atoms with Crippen molar-refractivity contribution in [2.45, 2.75) is 12.8 Å². The number of carboxylic acids is 1. The summed E-state index contributed by atoms with van der Waals surface area (Å²) < 4.78 is 10.3. The van der Waals surface area contributed by atoms with Crippen LogP contribution in [0.4, 0.5) is 0 Å². The van der Waals surface area contributed by atoms with Gasteiger partial charge in [0.05, 0.1) is 20.1 Å². The molecule has 0 bridgehead atoms. The van der Waals surface area contributed by atoms with E-state index in [1.807, 2.05) is 0 Å². The molecule has 1 aromatic carbocycles. The minimum atomic E-state index is -0.847. The second-order valence-corrected chi connectivity index (χ2v) is 5.00. The van der Waals surface area contributed by atoms with Gasteiger partial charge >= 0.3 is 5.97 Å². The zero-order valence-corrected chi connectivity index (χ0v) is 12.2. The highest BCUT2D eigenvalue weighted by Gasteiger charge is 2.28. The van der Waals surface area contributed by atoms with Crippen molar-refractivity contribution < 1.29 is 24.2 Å². The van der Waals surface area contributed by atoms with Crippen LogP contribution in [0.2, 0.25) is 0 Å². The average molecular weight is 293 g/mol. The Hall–Kier alpha value is -2.24. The lowest BCUT2D eigenvalue weighted by molar-refractivity contribution is -0.143. The molecule has 0 aliphatic carbocycles. The molecule has 0 spiro atoms. The molecule has 1 aliphatic rings. The third-order valence-electron chi connectivity index (χ3n) is 3.69. The van der Waals surface area contributed by atoms with Crippen LogP contribution in [-0.2, 0) is 4.79 Å². The zero-order valence-electron chi connectivity index (χ0n) is 12.2. The highest BCUT2D eigenvalue weighted by molar-refractivity contribution is 5.95. The highest BCUT2D eigenvalue weighted by atomic mass is 16.5. The number of rotatable bonds is 4. The Morgan fingerprint density at radius 1 is 1.24 bits per heavy atom. The summed E-state index contributed by atoms with van der Waals surface area (Å²) in [4.78, 5) is 25.1. The van der Waals surface area contributed by atoms with Gasteiger partial charge in [-0.3, -0.25) is 9.59 Å². The fraction of sp³-hybridized carbons (Fsp3) is 0.467. The molecule has 6 nitrogen and oxygen atoms in total. The van der Waals surface area contributed by atoms with Crippen LogP contribution in [0.3, 0.4) is 0 Å². The number of amides is 1. The lowest BCUT2D eigenvalue weighted by atomic mass is 9.97. The molecule has 0 radical (unpaired) electrons. The maximum Gasteiger partial charge on any atom is 0.308 e. The van der Waals surface area contributed by atoms with Gasteiger partial charge in [-0.25, -0.2) is 0 Å². The van der Waals surface area contributed by atoms with Gasteiger partial charge < -0.3 is 19.5 Å². The summed E-state index contributed by atoms with van der Waals surface area (Å²) in [7, 11) is 3.04. The number of hydrogen-bond donors (Lipinski definition) is 1. The molecule has 1 amide bonds. The maximum absolute atomic E-state index is 12.5. The first-order valence-corrected chi connectivity index (χ1v) is 6.81. The van der Waals surface area contributed by atoms with Crippen molar-refractivity contribution in [2.24, 2.45) is 5.92 Å². The molecule has 21 heavy (non-hydrogen) atoms. The van der Waals surface area contributed by atoms with Gasteiger partial charge in [0.1, 0.15) is 0 Å². The van der Waals surface area contributed by atoms with Crippen molar-refractivity contribution in [3.05, 3.63) is 23.8 Å². The number of benzene rings is 1. The number of carbonyl (C=O) groups is 2. The Morgan fingerprint density at radius 2 is 1.95 bits per heavy atom. The van der Waals surface area contributed by atoms with Crippen molar-refractivity contribution in [2.75, 3.05) is 27.3 Å². The van der Waals surface area contributed by atoms with E-state index in [0.29, 0.717) is 36.4 Å². The number of ether oxygens (including phenoxy) is 2. The molecular weight excluding hydrogens is 274 g/mol. The molecule has 1 aliphatic heterocycles. The number of carbonyl (C=O) groups excluding carboxylic acids is 1. The van der Waals surface area contributed by atoms with E-state index in [-0.39, 0.29) is 12.5 Å². The van der Waals surface area contributed by atoms with E-state index in [2.05, 4.69) is 0 Å². The van der Waals surface area contributed by atoms with E-state index in [1.165, 1.54) is 14.2 Å². The number of methoxy groups -OCH3 is 2. The first-order chi connectivity index (χ1) is 10.1. The minimum absolute atomic E-state index is 0.179. The molecule has 114 valence electrons. The number of aliphatic carboxylic acids is 1. The smallest absolute Gasteiger partial charge is 0.308 e. The monoisotopic (exact) mass is 293 g/mol. The molecule has 6 heteroatoms. The van der Waals surface area contributed by atoms with Gasteiger partial charge in [-0.05, 0) is 31.0 Å². The predicted octanol–water partition coefficient (Wildman–Crippen LogP) is 1.64. The van der Waals surface area contributed by atoms with Crippen LogP contribution in [0.25, 0.3) is 0 Å². The third kappa shape index (κ3) is 3.26. The minimum Gasteiger partial charge on any atom is -0.493 e. The second kappa shape index (κ2) is 6.47. The summed E-state index contributed by atoms with van der Waals surface area (Å²) in [6, 6.07) is 4.95. The van der Waals surface area contributed by atoms with Gasteiger partial charge in [-0.15, -0.1) is 0 Å². The van der Waals surface area contributed by atoms with Crippen molar-refractivity contribution in [3.8, 4) is 11.5 Å². The molecule has 1 aromatic rings. The molecular formula is C15H19NO5. The second-order valence-electron chi connectivity index (χ2n) is 5.00. The molecule has 0 aromatic heterocycles. The Balaban J connectivity index is 2.17. The number of carboxylic acid groups (broad SMARTS) is 1. The van der Waals surface area contributed by atoms with E-state index < -0.39 is 11.9 Å². The van der Waals surface area contributed by atoms with Crippen LogP contribution in [0.5, 0.6) is 11.5 Å². The third-order valence-corrected chi connectivity index (χ3v) is 3.69. The largest absolute Gasteiger partial charge is 0.493 e. The van der Waals surface area contributed by atoms with Crippen LogP contribution in [0.1, 0.15) is 23.2 Å². The van der Waals surface area contributed by atoms with Crippen LogP contribution < -0.4 is 9.47 Å². The summed E-state index contributed by atoms with van der Waals surface area (Å²) >= 11 is 0. The van der Waals surface area contributed by atoms with Crippen molar-refractivity contribution in [1.29, 1.82) is 0 Å². The first-order valence-electron chi connectivity index (χ1n) is 6.81.